The predicted molar refractivity (Wildman–Crippen MR) is 116 cm³/mol. The van der Waals surface area contributed by atoms with Crippen molar-refractivity contribution in [2.75, 3.05) is 31.6 Å². The number of nitrogens with zero attached hydrogens (tertiary/aromatic N) is 1. The first-order valence-corrected chi connectivity index (χ1v) is 10.1. The Morgan fingerprint density at radius 1 is 1.19 bits per heavy atom. The van der Waals surface area contributed by atoms with Crippen molar-refractivity contribution in [3.63, 3.8) is 0 Å². The van der Waals surface area contributed by atoms with Crippen LogP contribution in [0.4, 0.5) is 24.5 Å². The van der Waals surface area contributed by atoms with Crippen LogP contribution in [0, 0.1) is 16.7 Å². The molecule has 2 N–H and O–H groups in total. The van der Waals surface area contributed by atoms with Crippen molar-refractivity contribution in [2.24, 2.45) is 0 Å². The quantitative estimate of drug-likeness (QED) is 0.581. The molecule has 0 unspecified atom stereocenters. The molecule has 6 nitrogen and oxygen atoms in total. The number of ether oxygens (including phenoxy) is 1. The number of hydrogen-bond acceptors (Lipinski definition) is 4. The van der Waals surface area contributed by atoms with Crippen molar-refractivity contribution in [3.8, 4) is 17.6 Å². The number of likely N-dealkylation sites (N-methyl/N-ethyl adjacent to an activating group) is 1. The van der Waals surface area contributed by atoms with Gasteiger partial charge in [-0.05, 0) is 43.4 Å². The first-order chi connectivity index (χ1) is 15.2. The zero-order valence-electron chi connectivity index (χ0n) is 17.5. The number of carbonyl (C=O) groups is 1. The zero-order chi connectivity index (χ0) is 23.7. The summed E-state index contributed by atoms with van der Waals surface area (Å²) in [5.41, 5.74) is -0.401. The molecule has 10 heteroatoms. The molecule has 170 valence electrons. The van der Waals surface area contributed by atoms with E-state index in [4.69, 9.17) is 16.3 Å². The third-order valence-corrected chi connectivity index (χ3v) is 4.83. The van der Waals surface area contributed by atoms with Gasteiger partial charge < -0.3 is 15.0 Å². The third-order valence-electron chi connectivity index (χ3n) is 4.51. The Kier molecular flexibility index (Phi) is 9.05. The molecule has 0 spiro atoms. The number of nitrogens with one attached hydrogen (secondary N) is 2. The fourth-order valence-corrected chi connectivity index (χ4v) is 2.94. The van der Waals surface area contributed by atoms with Gasteiger partial charge in [-0.1, -0.05) is 31.4 Å². The van der Waals surface area contributed by atoms with Gasteiger partial charge in [-0.3, -0.25) is 4.79 Å². The van der Waals surface area contributed by atoms with Gasteiger partial charge in [0.2, 0.25) is 0 Å². The Labute approximate surface area is 188 Å². The van der Waals surface area contributed by atoms with Crippen molar-refractivity contribution < 1.29 is 27.9 Å². The highest BCUT2D eigenvalue weighted by Gasteiger charge is 2.30. The van der Waals surface area contributed by atoms with Gasteiger partial charge in [-0.2, -0.15) is 13.2 Å². The first-order valence-electron chi connectivity index (χ1n) is 9.75. The fraction of sp³-hybridized carbons (Fsp3) is 0.318. The Bertz CT molecular complexity index is 1030. The van der Waals surface area contributed by atoms with E-state index < -0.39 is 17.6 Å². The molecule has 0 radical (unpaired) electrons. The average Bonchev–Trinajstić information content (AvgIpc) is 2.75. The summed E-state index contributed by atoms with van der Waals surface area (Å²) in [6, 6.07) is 7.14. The van der Waals surface area contributed by atoms with E-state index in [2.05, 4.69) is 22.1 Å². The molecular weight excluding hydrogens is 447 g/mol. The van der Waals surface area contributed by atoms with E-state index in [1.165, 1.54) is 18.2 Å². The Morgan fingerprint density at radius 3 is 2.50 bits per heavy atom. The number of amides is 1. The summed E-state index contributed by atoms with van der Waals surface area (Å²) < 4.78 is 43.7. The lowest BCUT2D eigenvalue weighted by Crippen LogP contribution is -2.56. The minimum absolute atomic E-state index is 0.0775. The number of benzene rings is 2. The van der Waals surface area contributed by atoms with Gasteiger partial charge in [0.15, 0.2) is 5.75 Å². The summed E-state index contributed by atoms with van der Waals surface area (Å²) in [5, 5.41) is 4.04. The number of rotatable bonds is 8. The van der Waals surface area contributed by atoms with Crippen LogP contribution in [-0.2, 0) is 11.0 Å². The summed E-state index contributed by atoms with van der Waals surface area (Å²) in [4.78, 5) is 25.5. The molecule has 0 atom stereocenters. The van der Waals surface area contributed by atoms with Crippen LogP contribution in [0.1, 0.15) is 25.0 Å². The maximum atomic E-state index is 12.7. The molecular formula is C22H22ClF3N3O3+. The standard InChI is InChI=1S/C22H21ClF3N3O3/c1-3-29(4-2)11-12-32-20-9-8-17(14-19(20)28-31)27-21(30)10-6-15-5-7-16(13-18(15)23)22(24,25)26/h5,7-9,13-14H,3-4,11-12H2,1-2H3,(H,27,30)/p+1. The minimum Gasteiger partial charge on any atom is -0.485 e. The molecule has 1 amide bonds. The molecule has 0 bridgehead atoms. The third kappa shape index (κ3) is 7.25. The highest BCUT2D eigenvalue weighted by atomic mass is 35.5. The molecule has 0 heterocycles. The minimum atomic E-state index is -4.53. The van der Waals surface area contributed by atoms with Crippen LogP contribution in [0.15, 0.2) is 36.4 Å². The second kappa shape index (κ2) is 11.5. The largest absolute Gasteiger partial charge is 0.485 e. The number of anilines is 1. The van der Waals surface area contributed by atoms with Crippen LogP contribution in [-0.4, -0.2) is 37.0 Å². The second-order valence-electron chi connectivity index (χ2n) is 6.58. The molecule has 0 aliphatic rings. The van der Waals surface area contributed by atoms with Crippen molar-refractivity contribution >= 4 is 28.9 Å². The van der Waals surface area contributed by atoms with Crippen molar-refractivity contribution in [1.82, 2.24) is 4.90 Å². The van der Waals surface area contributed by atoms with Crippen LogP contribution < -0.4 is 15.2 Å². The van der Waals surface area contributed by atoms with E-state index in [1.54, 1.807) is 5.18 Å². The van der Waals surface area contributed by atoms with Gasteiger partial charge in [-0.25, -0.2) is 0 Å². The molecule has 0 aliphatic heterocycles. The van der Waals surface area contributed by atoms with Gasteiger partial charge in [0.1, 0.15) is 6.61 Å². The molecule has 0 aliphatic carbocycles. The summed E-state index contributed by atoms with van der Waals surface area (Å²) >= 11 is 5.82. The molecule has 32 heavy (non-hydrogen) atoms. The average molecular weight is 469 g/mol. The number of hydrogen-bond donors (Lipinski definition) is 2. The lowest BCUT2D eigenvalue weighted by Gasteiger charge is -2.17. The number of halogens is 4. The molecule has 0 aromatic heterocycles. The van der Waals surface area contributed by atoms with E-state index >= 15 is 0 Å². The van der Waals surface area contributed by atoms with Crippen LogP contribution in [0.2, 0.25) is 5.02 Å². The first kappa shape index (κ1) is 25.2. The summed E-state index contributed by atoms with van der Waals surface area (Å²) in [7, 11) is 0. The number of carbonyl (C=O) groups excluding carboxylic acids is 1. The maximum Gasteiger partial charge on any atom is 0.416 e. The predicted octanol–water partition coefficient (Wildman–Crippen LogP) is 3.55. The monoisotopic (exact) mass is 468 g/mol. The molecule has 0 saturated carbocycles. The SMILES string of the molecule is CCN(CC)CCOc1ccc(NC(=O)C#Cc2ccc(C(F)(F)F)cc2Cl)cc1[NH+]=O. The van der Waals surface area contributed by atoms with Crippen molar-refractivity contribution in [1.29, 1.82) is 0 Å². The van der Waals surface area contributed by atoms with Crippen molar-refractivity contribution in [3.05, 3.63) is 57.5 Å². The highest BCUT2D eigenvalue weighted by molar-refractivity contribution is 6.31. The molecule has 2 rings (SSSR count). The lowest BCUT2D eigenvalue weighted by atomic mass is 10.1. The molecule has 2 aromatic rings. The van der Waals surface area contributed by atoms with Crippen LogP contribution in [0.5, 0.6) is 5.75 Å². The summed E-state index contributed by atoms with van der Waals surface area (Å²) in [6.07, 6.45) is -4.53. The maximum absolute atomic E-state index is 12.7. The topological polar surface area (TPSA) is 72.6 Å². The smallest absolute Gasteiger partial charge is 0.416 e. The zero-order valence-corrected chi connectivity index (χ0v) is 18.2. The van der Waals surface area contributed by atoms with Crippen molar-refractivity contribution in [2.45, 2.75) is 20.0 Å². The number of nitroso groups, excluding NO2 is 1. The molecule has 0 fully saturated rings. The Hall–Kier alpha value is -3.09. The normalized spacial score (nSPS) is 11.0. The van der Waals surface area contributed by atoms with Gasteiger partial charge in [0.25, 0.3) is 5.69 Å². The highest BCUT2D eigenvalue weighted by Crippen LogP contribution is 2.31. The second-order valence-corrected chi connectivity index (χ2v) is 6.99. The van der Waals surface area contributed by atoms with Gasteiger partial charge >= 0.3 is 12.1 Å². The molecule has 2 aromatic carbocycles. The Balaban J connectivity index is 2.04. The van der Waals surface area contributed by atoms with Gasteiger partial charge in [0.05, 0.1) is 10.6 Å². The van der Waals surface area contributed by atoms with E-state index in [0.29, 0.717) is 18.9 Å². The van der Waals surface area contributed by atoms with E-state index in [-0.39, 0.29) is 22.0 Å². The van der Waals surface area contributed by atoms with E-state index in [9.17, 15) is 22.9 Å². The van der Waals surface area contributed by atoms with Crippen LogP contribution in [0.3, 0.4) is 0 Å². The van der Waals surface area contributed by atoms with Gasteiger partial charge in [-0.15, -0.1) is 0 Å². The summed E-state index contributed by atoms with van der Waals surface area (Å²) in [6.45, 7) is 6.94. The van der Waals surface area contributed by atoms with E-state index in [1.807, 2.05) is 13.8 Å². The lowest BCUT2D eigenvalue weighted by molar-refractivity contribution is -0.380. The Morgan fingerprint density at radius 2 is 1.91 bits per heavy atom. The van der Waals surface area contributed by atoms with Gasteiger partial charge in [0, 0.05) is 39.9 Å². The van der Waals surface area contributed by atoms with Crippen LogP contribution in [0.25, 0.3) is 0 Å². The number of alkyl halides is 3. The van der Waals surface area contributed by atoms with Crippen LogP contribution >= 0.6 is 11.6 Å². The molecule has 0 saturated heterocycles. The van der Waals surface area contributed by atoms with E-state index in [0.717, 1.165) is 31.3 Å². The fourth-order valence-electron chi connectivity index (χ4n) is 2.72. The summed E-state index contributed by atoms with van der Waals surface area (Å²) in [5.74, 6) is 4.30.